The monoisotopic (exact) mass is 289 g/mol. The minimum Gasteiger partial charge on any atom is -0.481 e. The van der Waals surface area contributed by atoms with E-state index in [-0.39, 0.29) is 23.8 Å². The maximum atomic E-state index is 12.3. The number of hydrogen-bond acceptors (Lipinski definition) is 2. The minimum atomic E-state index is -0.822. The zero-order valence-corrected chi connectivity index (χ0v) is 12.5. The molecule has 0 radical (unpaired) electrons. The van der Waals surface area contributed by atoms with Crippen molar-refractivity contribution in [2.24, 2.45) is 5.41 Å². The van der Waals surface area contributed by atoms with Gasteiger partial charge in [-0.25, -0.2) is 0 Å². The first-order valence-electron chi connectivity index (χ1n) is 7.56. The Morgan fingerprint density at radius 2 is 1.95 bits per heavy atom. The molecular formula is C17H23NO3. The number of benzene rings is 1. The lowest BCUT2D eigenvalue weighted by Crippen LogP contribution is -2.48. The smallest absolute Gasteiger partial charge is 0.303 e. The Morgan fingerprint density at radius 1 is 1.29 bits per heavy atom. The highest BCUT2D eigenvalue weighted by Crippen LogP contribution is 2.40. The Morgan fingerprint density at radius 3 is 2.48 bits per heavy atom. The van der Waals surface area contributed by atoms with Crippen LogP contribution in [0.2, 0.25) is 0 Å². The quantitative estimate of drug-likeness (QED) is 0.811. The highest BCUT2D eigenvalue weighted by molar-refractivity contribution is 5.83. The van der Waals surface area contributed by atoms with Crippen molar-refractivity contribution in [1.82, 2.24) is 5.32 Å². The molecule has 4 heteroatoms. The van der Waals surface area contributed by atoms with Crippen molar-refractivity contribution in [1.29, 1.82) is 0 Å². The van der Waals surface area contributed by atoms with E-state index in [1.807, 2.05) is 37.3 Å². The highest BCUT2D eigenvalue weighted by atomic mass is 16.4. The molecule has 0 heterocycles. The van der Waals surface area contributed by atoms with Crippen LogP contribution in [0.5, 0.6) is 0 Å². The van der Waals surface area contributed by atoms with E-state index in [2.05, 4.69) is 5.32 Å². The first kappa shape index (κ1) is 15.5. The molecule has 1 aliphatic rings. The van der Waals surface area contributed by atoms with Gasteiger partial charge in [0.15, 0.2) is 0 Å². The molecule has 0 spiro atoms. The van der Waals surface area contributed by atoms with Gasteiger partial charge in [-0.05, 0) is 31.2 Å². The molecule has 0 aromatic heterocycles. The van der Waals surface area contributed by atoms with E-state index in [1.165, 1.54) is 0 Å². The van der Waals surface area contributed by atoms with E-state index in [9.17, 15) is 9.59 Å². The van der Waals surface area contributed by atoms with Gasteiger partial charge in [0.2, 0.25) is 5.91 Å². The van der Waals surface area contributed by atoms with Gasteiger partial charge in [-0.3, -0.25) is 9.59 Å². The van der Waals surface area contributed by atoms with Crippen molar-refractivity contribution in [3.63, 3.8) is 0 Å². The number of carbonyl (C=O) groups is 2. The van der Waals surface area contributed by atoms with Gasteiger partial charge in [-0.2, -0.15) is 0 Å². The van der Waals surface area contributed by atoms with Crippen LogP contribution in [0, 0.1) is 5.41 Å². The zero-order valence-electron chi connectivity index (χ0n) is 12.5. The molecule has 1 fully saturated rings. The first-order valence-corrected chi connectivity index (χ1v) is 7.56. The van der Waals surface area contributed by atoms with Crippen LogP contribution in [0.25, 0.3) is 0 Å². The Bertz CT molecular complexity index is 494. The largest absolute Gasteiger partial charge is 0.481 e. The van der Waals surface area contributed by atoms with E-state index in [1.54, 1.807) is 0 Å². The van der Waals surface area contributed by atoms with E-state index < -0.39 is 5.97 Å². The molecule has 21 heavy (non-hydrogen) atoms. The summed E-state index contributed by atoms with van der Waals surface area (Å²) in [6, 6.07) is 9.75. The number of amides is 1. The molecule has 1 aliphatic carbocycles. The van der Waals surface area contributed by atoms with E-state index in [0.717, 1.165) is 24.8 Å². The standard InChI is InChI=1S/C17H23NO3/c1-17(10-5-11-17)16(21)18-14(8-9-15(19)20)12-13-6-3-2-4-7-13/h2-4,6-7,14H,5,8-12H2,1H3,(H,18,21)(H,19,20). The van der Waals surface area contributed by atoms with Gasteiger partial charge < -0.3 is 10.4 Å². The van der Waals surface area contributed by atoms with E-state index in [0.29, 0.717) is 12.8 Å². The average molecular weight is 289 g/mol. The molecule has 4 nitrogen and oxygen atoms in total. The summed E-state index contributed by atoms with van der Waals surface area (Å²) in [5, 5.41) is 11.9. The lowest BCUT2D eigenvalue weighted by Gasteiger charge is -2.37. The van der Waals surface area contributed by atoms with Gasteiger partial charge in [0.1, 0.15) is 0 Å². The van der Waals surface area contributed by atoms with Crippen molar-refractivity contribution in [3.05, 3.63) is 35.9 Å². The predicted octanol–water partition coefficient (Wildman–Crippen LogP) is 2.77. The average Bonchev–Trinajstić information content (AvgIpc) is 2.43. The molecule has 0 bridgehead atoms. The summed E-state index contributed by atoms with van der Waals surface area (Å²) >= 11 is 0. The van der Waals surface area contributed by atoms with Crippen LogP contribution in [0.3, 0.4) is 0 Å². The fourth-order valence-corrected chi connectivity index (χ4v) is 2.72. The van der Waals surface area contributed by atoms with Gasteiger partial charge in [-0.1, -0.05) is 43.7 Å². The normalized spacial score (nSPS) is 17.6. The molecule has 1 aromatic rings. The SMILES string of the molecule is CC1(C(=O)NC(CCC(=O)O)Cc2ccccc2)CCC1. The zero-order chi connectivity index (χ0) is 15.3. The lowest BCUT2D eigenvalue weighted by atomic mass is 9.69. The number of carboxylic acid groups (broad SMARTS) is 1. The Kier molecular flexibility index (Phi) is 4.99. The van der Waals surface area contributed by atoms with Crippen LogP contribution in [-0.2, 0) is 16.0 Å². The molecule has 1 atom stereocenters. The fourth-order valence-electron chi connectivity index (χ4n) is 2.72. The Labute approximate surface area is 125 Å². The number of carboxylic acids is 1. The second-order valence-corrected chi connectivity index (χ2v) is 6.21. The fraction of sp³-hybridized carbons (Fsp3) is 0.529. The summed E-state index contributed by atoms with van der Waals surface area (Å²) in [5.74, 6) is -0.753. The van der Waals surface area contributed by atoms with Crippen LogP contribution >= 0.6 is 0 Å². The molecule has 1 unspecified atom stereocenters. The Balaban J connectivity index is 1.97. The van der Waals surface area contributed by atoms with Gasteiger partial charge in [0.05, 0.1) is 0 Å². The third-order valence-corrected chi connectivity index (χ3v) is 4.37. The van der Waals surface area contributed by atoms with Crippen molar-refractivity contribution >= 4 is 11.9 Å². The summed E-state index contributed by atoms with van der Waals surface area (Å²) in [5.41, 5.74) is 0.866. The summed E-state index contributed by atoms with van der Waals surface area (Å²) < 4.78 is 0. The first-order chi connectivity index (χ1) is 9.99. The number of rotatable bonds is 7. The molecule has 1 aromatic carbocycles. The van der Waals surface area contributed by atoms with Crippen molar-refractivity contribution in [3.8, 4) is 0 Å². The van der Waals surface area contributed by atoms with E-state index >= 15 is 0 Å². The van der Waals surface area contributed by atoms with E-state index in [4.69, 9.17) is 5.11 Å². The summed E-state index contributed by atoms with van der Waals surface area (Å²) in [6.45, 7) is 1.99. The lowest BCUT2D eigenvalue weighted by molar-refractivity contribution is -0.138. The van der Waals surface area contributed by atoms with Gasteiger partial charge in [0, 0.05) is 17.9 Å². The van der Waals surface area contributed by atoms with Crippen LogP contribution < -0.4 is 5.32 Å². The van der Waals surface area contributed by atoms with Gasteiger partial charge >= 0.3 is 5.97 Å². The maximum absolute atomic E-state index is 12.3. The minimum absolute atomic E-state index is 0.0695. The Hall–Kier alpha value is -1.84. The third-order valence-electron chi connectivity index (χ3n) is 4.37. The van der Waals surface area contributed by atoms with Gasteiger partial charge in [-0.15, -0.1) is 0 Å². The molecule has 114 valence electrons. The van der Waals surface area contributed by atoms with Crippen LogP contribution in [0.15, 0.2) is 30.3 Å². The van der Waals surface area contributed by atoms with Crippen molar-refractivity contribution in [2.75, 3.05) is 0 Å². The molecule has 0 aliphatic heterocycles. The molecule has 2 rings (SSSR count). The van der Waals surface area contributed by atoms with Crippen molar-refractivity contribution in [2.45, 2.75) is 51.5 Å². The molecule has 1 saturated carbocycles. The van der Waals surface area contributed by atoms with Gasteiger partial charge in [0.25, 0.3) is 0 Å². The third kappa shape index (κ3) is 4.31. The summed E-state index contributed by atoms with van der Waals surface area (Å²) in [7, 11) is 0. The molecular weight excluding hydrogens is 266 g/mol. The van der Waals surface area contributed by atoms with Crippen LogP contribution in [0.4, 0.5) is 0 Å². The van der Waals surface area contributed by atoms with Crippen LogP contribution in [0.1, 0.15) is 44.6 Å². The number of nitrogens with one attached hydrogen (secondary N) is 1. The number of aliphatic carboxylic acids is 1. The summed E-state index contributed by atoms with van der Waals surface area (Å²) in [4.78, 5) is 23.1. The summed E-state index contributed by atoms with van der Waals surface area (Å²) in [6.07, 6.45) is 4.17. The molecule has 0 saturated heterocycles. The molecule has 1 amide bonds. The highest BCUT2D eigenvalue weighted by Gasteiger charge is 2.39. The second kappa shape index (κ2) is 6.74. The number of carbonyl (C=O) groups excluding carboxylic acids is 1. The van der Waals surface area contributed by atoms with Crippen molar-refractivity contribution < 1.29 is 14.7 Å². The van der Waals surface area contributed by atoms with Crippen LogP contribution in [-0.4, -0.2) is 23.0 Å². The predicted molar refractivity (Wildman–Crippen MR) is 80.9 cm³/mol. The second-order valence-electron chi connectivity index (χ2n) is 6.21. The number of hydrogen-bond donors (Lipinski definition) is 2. The molecule has 2 N–H and O–H groups in total. The topological polar surface area (TPSA) is 66.4 Å². The maximum Gasteiger partial charge on any atom is 0.303 e.